The molecule has 0 fully saturated rings. The minimum Gasteiger partial charge on any atom is -0.347 e. The van der Waals surface area contributed by atoms with Gasteiger partial charge in [-0.05, 0) is 45.7 Å². The van der Waals surface area contributed by atoms with Gasteiger partial charge in [-0.3, -0.25) is 4.79 Å². The first-order valence-corrected chi connectivity index (χ1v) is 11.4. The van der Waals surface area contributed by atoms with E-state index >= 15 is 0 Å². The van der Waals surface area contributed by atoms with Crippen LogP contribution in [0.5, 0.6) is 0 Å². The Balaban J connectivity index is 1.49. The number of benzene rings is 2. The number of hydrogen-bond acceptors (Lipinski definition) is 6. The monoisotopic (exact) mass is 433 g/mol. The third kappa shape index (κ3) is 4.02. The molecule has 1 aliphatic rings. The highest BCUT2D eigenvalue weighted by Gasteiger charge is 2.38. The molecule has 0 aliphatic carbocycles. The van der Waals surface area contributed by atoms with E-state index in [9.17, 15) is 4.79 Å². The minimum atomic E-state index is -0.217. The Hall–Kier alpha value is -2.93. The fraction of sp³-hybridized carbons (Fsp3) is 0.333. The Bertz CT molecular complexity index is 1130. The van der Waals surface area contributed by atoms with Crippen LogP contribution in [0.1, 0.15) is 44.7 Å². The number of rotatable bonds is 6. The van der Waals surface area contributed by atoms with Crippen molar-refractivity contribution in [3.05, 3.63) is 71.4 Å². The number of thioether (sulfide) groups is 1. The lowest BCUT2D eigenvalue weighted by atomic mass is 9.83. The van der Waals surface area contributed by atoms with Gasteiger partial charge in [-0.2, -0.15) is 4.68 Å². The number of aromatic nitrogens is 4. The molecule has 31 heavy (non-hydrogen) atoms. The molecule has 0 saturated carbocycles. The van der Waals surface area contributed by atoms with Crippen molar-refractivity contribution >= 4 is 23.2 Å². The quantitative estimate of drug-likeness (QED) is 0.413. The van der Waals surface area contributed by atoms with E-state index in [4.69, 9.17) is 0 Å². The van der Waals surface area contributed by atoms with Crippen molar-refractivity contribution in [1.82, 2.24) is 20.2 Å². The lowest BCUT2D eigenvalue weighted by molar-refractivity contribution is -0.112. The SMILES string of the molecule is CC(C)c1ccc(-n2nnnc2SCC(=O)/C=C2/N(C)c3ccccc3C2(C)C)cc1. The maximum absolute atomic E-state index is 12.8. The molecule has 4 rings (SSSR count). The van der Waals surface area contributed by atoms with Crippen LogP contribution in [-0.4, -0.2) is 38.8 Å². The van der Waals surface area contributed by atoms with Crippen molar-refractivity contribution < 1.29 is 4.79 Å². The van der Waals surface area contributed by atoms with Gasteiger partial charge in [0, 0.05) is 29.9 Å². The second kappa shape index (κ2) is 8.30. The molecule has 0 radical (unpaired) electrons. The number of para-hydroxylation sites is 1. The zero-order valence-electron chi connectivity index (χ0n) is 18.5. The molecular formula is C24H27N5OS. The molecule has 0 N–H and O–H groups in total. The molecule has 6 nitrogen and oxygen atoms in total. The van der Waals surface area contributed by atoms with Gasteiger partial charge in [0.2, 0.25) is 5.16 Å². The number of likely N-dealkylation sites (N-methyl/N-ethyl adjacent to an activating group) is 1. The highest BCUT2D eigenvalue weighted by molar-refractivity contribution is 7.99. The summed E-state index contributed by atoms with van der Waals surface area (Å²) in [5.74, 6) is 0.776. The molecule has 0 atom stereocenters. The number of tetrazole rings is 1. The van der Waals surface area contributed by atoms with Crippen LogP contribution < -0.4 is 4.90 Å². The lowest BCUT2D eigenvalue weighted by Gasteiger charge is -2.23. The van der Waals surface area contributed by atoms with Gasteiger partial charge in [0.1, 0.15) is 0 Å². The van der Waals surface area contributed by atoms with Crippen LogP contribution in [0.15, 0.2) is 65.5 Å². The molecule has 1 aromatic heterocycles. The third-order valence-electron chi connectivity index (χ3n) is 5.83. The summed E-state index contributed by atoms with van der Waals surface area (Å²) in [6.45, 7) is 8.63. The zero-order chi connectivity index (χ0) is 22.2. The van der Waals surface area contributed by atoms with Gasteiger partial charge < -0.3 is 4.90 Å². The smallest absolute Gasteiger partial charge is 0.214 e. The van der Waals surface area contributed by atoms with Crippen molar-refractivity contribution in [2.24, 2.45) is 0 Å². The average Bonchev–Trinajstić information content (AvgIpc) is 3.30. The first-order valence-electron chi connectivity index (χ1n) is 10.4. The number of anilines is 1. The second-order valence-corrected chi connectivity index (χ2v) is 9.55. The van der Waals surface area contributed by atoms with Crippen LogP contribution in [0.25, 0.3) is 5.69 Å². The maximum Gasteiger partial charge on any atom is 0.214 e. The Labute approximate surface area is 187 Å². The van der Waals surface area contributed by atoms with Gasteiger partial charge in [-0.25, -0.2) is 0 Å². The minimum absolute atomic E-state index is 0.0393. The number of carbonyl (C=O) groups excluding carboxylic acids is 1. The molecule has 0 spiro atoms. The van der Waals surface area contributed by atoms with Gasteiger partial charge >= 0.3 is 0 Å². The molecule has 1 aliphatic heterocycles. The predicted octanol–water partition coefficient (Wildman–Crippen LogP) is 4.76. The van der Waals surface area contributed by atoms with E-state index in [0.29, 0.717) is 11.1 Å². The number of hydrogen-bond donors (Lipinski definition) is 0. The largest absolute Gasteiger partial charge is 0.347 e. The van der Waals surface area contributed by atoms with Gasteiger partial charge in [0.15, 0.2) is 5.78 Å². The third-order valence-corrected chi connectivity index (χ3v) is 6.77. The Kier molecular flexibility index (Phi) is 5.71. The van der Waals surface area contributed by atoms with E-state index in [-0.39, 0.29) is 17.0 Å². The summed E-state index contributed by atoms with van der Waals surface area (Å²) in [4.78, 5) is 15.0. The first kappa shape index (κ1) is 21.3. The standard InChI is InChI=1S/C24H27N5OS/c1-16(2)17-10-12-18(13-11-17)29-23(25-26-27-29)31-15-19(30)14-22-24(3,4)20-8-6-7-9-21(20)28(22)5/h6-14,16H,15H2,1-5H3/b22-14+. The molecular weight excluding hydrogens is 406 g/mol. The molecule has 2 heterocycles. The van der Waals surface area contributed by atoms with Gasteiger partial charge in [-0.15, -0.1) is 5.10 Å². The van der Waals surface area contributed by atoms with E-state index in [1.165, 1.54) is 22.9 Å². The van der Waals surface area contributed by atoms with Crippen molar-refractivity contribution in [3.63, 3.8) is 0 Å². The summed E-state index contributed by atoms with van der Waals surface area (Å²) in [5.41, 5.74) is 5.31. The first-order chi connectivity index (χ1) is 14.8. The highest BCUT2D eigenvalue weighted by atomic mass is 32.2. The molecule has 0 saturated heterocycles. The lowest BCUT2D eigenvalue weighted by Crippen LogP contribution is -2.24. The maximum atomic E-state index is 12.8. The van der Waals surface area contributed by atoms with Gasteiger partial charge in [-0.1, -0.05) is 69.8 Å². The van der Waals surface area contributed by atoms with Gasteiger partial charge in [0.05, 0.1) is 11.4 Å². The molecule has 7 heteroatoms. The van der Waals surface area contributed by atoms with Crippen LogP contribution >= 0.6 is 11.8 Å². The Morgan fingerprint density at radius 1 is 1.13 bits per heavy atom. The van der Waals surface area contributed by atoms with Crippen molar-refractivity contribution in [3.8, 4) is 5.69 Å². The summed E-state index contributed by atoms with van der Waals surface area (Å²) in [7, 11) is 2.02. The van der Waals surface area contributed by atoms with Crippen LogP contribution in [0.2, 0.25) is 0 Å². The fourth-order valence-corrected chi connectivity index (χ4v) is 4.73. The highest BCUT2D eigenvalue weighted by Crippen LogP contribution is 2.46. The van der Waals surface area contributed by atoms with Crippen molar-refractivity contribution in [2.45, 2.75) is 44.2 Å². The molecule has 2 aromatic carbocycles. The topological polar surface area (TPSA) is 63.9 Å². The number of allylic oxidation sites excluding steroid dienone is 2. The number of nitrogens with zero attached hydrogens (tertiary/aromatic N) is 5. The number of ketones is 1. The van der Waals surface area contributed by atoms with Gasteiger partial charge in [0.25, 0.3) is 0 Å². The zero-order valence-corrected chi connectivity index (χ0v) is 19.3. The molecule has 0 unspecified atom stereocenters. The molecule has 3 aromatic rings. The van der Waals surface area contributed by atoms with Crippen molar-refractivity contribution in [1.29, 1.82) is 0 Å². The van der Waals surface area contributed by atoms with Crippen LogP contribution in [0.4, 0.5) is 5.69 Å². The fourth-order valence-electron chi connectivity index (χ4n) is 4.02. The van der Waals surface area contributed by atoms with E-state index in [1.807, 2.05) is 31.3 Å². The summed E-state index contributed by atoms with van der Waals surface area (Å²) in [5, 5.41) is 12.6. The second-order valence-electron chi connectivity index (χ2n) is 8.61. The average molecular weight is 434 g/mol. The molecule has 0 bridgehead atoms. The van der Waals surface area contributed by atoms with E-state index in [2.05, 4.69) is 72.4 Å². The summed E-state index contributed by atoms with van der Waals surface area (Å²) < 4.78 is 1.68. The van der Waals surface area contributed by atoms with E-state index in [0.717, 1.165) is 17.1 Å². The van der Waals surface area contributed by atoms with Crippen molar-refractivity contribution in [2.75, 3.05) is 17.7 Å². The van der Waals surface area contributed by atoms with E-state index < -0.39 is 0 Å². The molecule has 160 valence electrons. The Morgan fingerprint density at radius 2 is 1.84 bits per heavy atom. The van der Waals surface area contributed by atoms with Crippen LogP contribution in [0, 0.1) is 0 Å². The summed E-state index contributed by atoms with van der Waals surface area (Å²) >= 11 is 1.35. The predicted molar refractivity (Wildman–Crippen MR) is 125 cm³/mol. The number of fused-ring (bicyclic) bond motifs is 1. The van der Waals surface area contributed by atoms with Crippen LogP contribution in [0.3, 0.4) is 0 Å². The molecule has 0 amide bonds. The summed E-state index contributed by atoms with van der Waals surface area (Å²) in [6, 6.07) is 16.5. The number of carbonyl (C=O) groups is 1. The summed E-state index contributed by atoms with van der Waals surface area (Å²) in [6.07, 6.45) is 1.76. The normalized spacial score (nSPS) is 16.2. The Morgan fingerprint density at radius 3 is 2.52 bits per heavy atom. The van der Waals surface area contributed by atoms with E-state index in [1.54, 1.807) is 10.8 Å². The van der Waals surface area contributed by atoms with Crippen LogP contribution in [-0.2, 0) is 10.2 Å².